The second-order valence-electron chi connectivity index (χ2n) is 3.23. The molecule has 0 bridgehead atoms. The highest BCUT2D eigenvalue weighted by Gasteiger charge is 2.16. The number of ketones is 1. The second kappa shape index (κ2) is 3.52. The van der Waals surface area contributed by atoms with Gasteiger partial charge >= 0.3 is 0 Å². The molecule has 0 aromatic carbocycles. The molecule has 1 aromatic heterocycles. The maximum absolute atomic E-state index is 11.3. The summed E-state index contributed by atoms with van der Waals surface area (Å²) in [5.74, 6) is 0.295. The lowest BCUT2D eigenvalue weighted by Crippen LogP contribution is -1.90. The predicted octanol–water partition coefficient (Wildman–Crippen LogP) is 2.22. The molecule has 0 spiro atoms. The zero-order valence-electron chi connectivity index (χ0n) is 7.36. The number of rotatable bonds is 1. The molecular formula is C11H11NO. The van der Waals surface area contributed by atoms with E-state index in [0.717, 1.165) is 24.0 Å². The zero-order valence-corrected chi connectivity index (χ0v) is 7.36. The third-order valence-corrected chi connectivity index (χ3v) is 2.23. The highest BCUT2D eigenvalue weighted by atomic mass is 16.1. The summed E-state index contributed by atoms with van der Waals surface area (Å²) < 4.78 is 0. The van der Waals surface area contributed by atoms with Crippen LogP contribution in [0.4, 0.5) is 0 Å². The monoisotopic (exact) mass is 173 g/mol. The summed E-state index contributed by atoms with van der Waals surface area (Å²) in [6.07, 6.45) is 8.10. The maximum atomic E-state index is 11.3. The lowest BCUT2D eigenvalue weighted by Gasteiger charge is -1.94. The van der Waals surface area contributed by atoms with E-state index in [2.05, 4.69) is 4.98 Å². The van der Waals surface area contributed by atoms with Crippen LogP contribution in [0.1, 0.15) is 24.8 Å². The lowest BCUT2D eigenvalue weighted by molar-refractivity contribution is -0.114. The standard InChI is InChI=1S/C11H11NO/c13-11-5-1-4-10(11)7-9-3-2-6-12-8-9/h2-3,6-8H,1,4-5H2. The minimum atomic E-state index is 0.295. The molecule has 0 aliphatic heterocycles. The highest BCUT2D eigenvalue weighted by molar-refractivity contribution is 6.01. The van der Waals surface area contributed by atoms with Gasteiger partial charge < -0.3 is 0 Å². The van der Waals surface area contributed by atoms with E-state index < -0.39 is 0 Å². The first-order valence-corrected chi connectivity index (χ1v) is 4.50. The van der Waals surface area contributed by atoms with Crippen LogP contribution >= 0.6 is 0 Å². The van der Waals surface area contributed by atoms with Crippen LogP contribution in [0.5, 0.6) is 0 Å². The van der Waals surface area contributed by atoms with E-state index in [4.69, 9.17) is 0 Å². The van der Waals surface area contributed by atoms with Crippen LogP contribution < -0.4 is 0 Å². The predicted molar refractivity (Wildman–Crippen MR) is 51.1 cm³/mol. The van der Waals surface area contributed by atoms with E-state index >= 15 is 0 Å². The molecule has 2 rings (SSSR count). The summed E-state index contributed by atoms with van der Waals surface area (Å²) in [5.41, 5.74) is 1.97. The van der Waals surface area contributed by atoms with Gasteiger partial charge in [-0.1, -0.05) is 6.07 Å². The number of carbonyl (C=O) groups excluding carboxylic acids is 1. The molecule has 0 atom stereocenters. The van der Waals surface area contributed by atoms with Crippen LogP contribution in [0, 0.1) is 0 Å². The summed E-state index contributed by atoms with van der Waals surface area (Å²) in [6, 6.07) is 3.84. The van der Waals surface area contributed by atoms with Crippen molar-refractivity contribution in [1.82, 2.24) is 4.98 Å². The number of pyridine rings is 1. The van der Waals surface area contributed by atoms with Gasteiger partial charge in [0.25, 0.3) is 0 Å². The molecular weight excluding hydrogens is 162 g/mol. The summed E-state index contributed by atoms with van der Waals surface area (Å²) in [6.45, 7) is 0. The van der Waals surface area contributed by atoms with Crippen molar-refractivity contribution in [1.29, 1.82) is 0 Å². The van der Waals surface area contributed by atoms with Gasteiger partial charge in [-0.2, -0.15) is 0 Å². The fraction of sp³-hybridized carbons (Fsp3) is 0.273. The molecule has 0 N–H and O–H groups in total. The Balaban J connectivity index is 2.25. The third kappa shape index (κ3) is 1.83. The molecule has 0 amide bonds. The molecule has 66 valence electrons. The minimum Gasteiger partial charge on any atom is -0.295 e. The van der Waals surface area contributed by atoms with Gasteiger partial charge in [0.1, 0.15) is 0 Å². The molecule has 0 saturated heterocycles. The van der Waals surface area contributed by atoms with Crippen LogP contribution in [0.2, 0.25) is 0 Å². The highest BCUT2D eigenvalue weighted by Crippen LogP contribution is 2.22. The molecule has 2 heteroatoms. The Morgan fingerprint density at radius 3 is 2.92 bits per heavy atom. The number of allylic oxidation sites excluding steroid dienone is 1. The quantitative estimate of drug-likeness (QED) is 0.609. The van der Waals surface area contributed by atoms with Crippen molar-refractivity contribution in [3.8, 4) is 0 Å². The molecule has 1 fully saturated rings. The summed E-state index contributed by atoms with van der Waals surface area (Å²) in [7, 11) is 0. The average molecular weight is 173 g/mol. The zero-order chi connectivity index (χ0) is 9.10. The van der Waals surface area contributed by atoms with Gasteiger partial charge in [0, 0.05) is 18.8 Å². The number of carbonyl (C=O) groups is 1. The molecule has 0 radical (unpaired) electrons. The van der Waals surface area contributed by atoms with E-state index in [9.17, 15) is 4.79 Å². The Labute approximate surface area is 77.3 Å². The van der Waals surface area contributed by atoms with E-state index in [0.29, 0.717) is 12.2 Å². The number of hydrogen-bond donors (Lipinski definition) is 0. The Morgan fingerprint density at radius 2 is 2.31 bits per heavy atom. The van der Waals surface area contributed by atoms with Gasteiger partial charge in [0.2, 0.25) is 0 Å². The first kappa shape index (κ1) is 8.17. The molecule has 1 aromatic rings. The Hall–Kier alpha value is -1.44. The van der Waals surface area contributed by atoms with Crippen molar-refractivity contribution in [3.63, 3.8) is 0 Å². The second-order valence-corrected chi connectivity index (χ2v) is 3.23. The number of aromatic nitrogens is 1. The van der Waals surface area contributed by atoms with Crippen molar-refractivity contribution in [2.45, 2.75) is 19.3 Å². The number of hydrogen-bond acceptors (Lipinski definition) is 2. The summed E-state index contributed by atoms with van der Waals surface area (Å²) in [5, 5.41) is 0. The molecule has 1 heterocycles. The largest absolute Gasteiger partial charge is 0.295 e. The molecule has 1 aliphatic rings. The van der Waals surface area contributed by atoms with Gasteiger partial charge in [-0.3, -0.25) is 9.78 Å². The third-order valence-electron chi connectivity index (χ3n) is 2.23. The van der Waals surface area contributed by atoms with Crippen LogP contribution in [-0.2, 0) is 4.79 Å². The van der Waals surface area contributed by atoms with Crippen LogP contribution in [0.25, 0.3) is 6.08 Å². The lowest BCUT2D eigenvalue weighted by atomic mass is 10.1. The number of nitrogens with zero attached hydrogens (tertiary/aromatic N) is 1. The fourth-order valence-electron chi connectivity index (χ4n) is 1.55. The van der Waals surface area contributed by atoms with Crippen molar-refractivity contribution in [2.24, 2.45) is 0 Å². The van der Waals surface area contributed by atoms with Crippen LogP contribution in [-0.4, -0.2) is 10.8 Å². The summed E-state index contributed by atoms with van der Waals surface area (Å²) >= 11 is 0. The van der Waals surface area contributed by atoms with Gasteiger partial charge in [0.15, 0.2) is 5.78 Å². The van der Waals surface area contributed by atoms with E-state index in [1.165, 1.54) is 0 Å². The fourth-order valence-corrected chi connectivity index (χ4v) is 1.55. The Morgan fingerprint density at radius 1 is 1.38 bits per heavy atom. The van der Waals surface area contributed by atoms with Crippen LogP contribution in [0.3, 0.4) is 0 Å². The first-order valence-electron chi connectivity index (χ1n) is 4.50. The van der Waals surface area contributed by atoms with Crippen molar-refractivity contribution in [2.75, 3.05) is 0 Å². The van der Waals surface area contributed by atoms with Gasteiger partial charge in [-0.15, -0.1) is 0 Å². The van der Waals surface area contributed by atoms with Crippen molar-refractivity contribution < 1.29 is 4.79 Å². The van der Waals surface area contributed by atoms with Crippen LogP contribution in [0.15, 0.2) is 30.1 Å². The van der Waals surface area contributed by atoms with E-state index in [1.54, 1.807) is 12.4 Å². The summed E-state index contributed by atoms with van der Waals surface area (Å²) in [4.78, 5) is 15.3. The molecule has 1 saturated carbocycles. The van der Waals surface area contributed by atoms with E-state index in [-0.39, 0.29) is 0 Å². The first-order chi connectivity index (χ1) is 6.36. The smallest absolute Gasteiger partial charge is 0.158 e. The van der Waals surface area contributed by atoms with E-state index in [1.807, 2.05) is 18.2 Å². The SMILES string of the molecule is O=C1CCCC1=Cc1cccnc1. The Kier molecular flexibility index (Phi) is 2.21. The van der Waals surface area contributed by atoms with Crippen molar-refractivity contribution >= 4 is 11.9 Å². The normalized spacial score (nSPS) is 19.7. The Bertz CT molecular complexity index is 340. The molecule has 0 unspecified atom stereocenters. The molecule has 2 nitrogen and oxygen atoms in total. The van der Waals surface area contributed by atoms with Crippen molar-refractivity contribution in [3.05, 3.63) is 35.7 Å². The van der Waals surface area contributed by atoms with Gasteiger partial charge in [0.05, 0.1) is 0 Å². The molecule has 13 heavy (non-hydrogen) atoms. The van der Waals surface area contributed by atoms with Gasteiger partial charge in [-0.25, -0.2) is 0 Å². The number of Topliss-reactive ketones (excluding diaryl/α,β-unsaturated/α-hetero) is 1. The maximum Gasteiger partial charge on any atom is 0.158 e. The van der Waals surface area contributed by atoms with Gasteiger partial charge in [-0.05, 0) is 36.1 Å². The molecule has 1 aliphatic carbocycles. The minimum absolute atomic E-state index is 0.295. The topological polar surface area (TPSA) is 30.0 Å². The average Bonchev–Trinajstić information content (AvgIpc) is 2.54.